The fourth-order valence-electron chi connectivity index (χ4n) is 5.26. The van der Waals surface area contributed by atoms with E-state index >= 15 is 0 Å². The van der Waals surface area contributed by atoms with Crippen LogP contribution in [0.4, 0.5) is 0 Å². The van der Waals surface area contributed by atoms with Gasteiger partial charge in [0.15, 0.2) is 0 Å². The van der Waals surface area contributed by atoms with Crippen molar-refractivity contribution in [3.63, 3.8) is 0 Å². The van der Waals surface area contributed by atoms with Crippen LogP contribution < -0.4 is 10.0 Å². The molecule has 1 saturated carbocycles. The molecule has 1 aliphatic carbocycles. The highest BCUT2D eigenvalue weighted by Crippen LogP contribution is 2.40. The topological polar surface area (TPSA) is 94.3 Å². The van der Waals surface area contributed by atoms with Crippen molar-refractivity contribution in [2.24, 2.45) is 0 Å². The molecule has 0 bridgehead atoms. The maximum Gasteiger partial charge on any atom is 0.240 e. The number of nitrogens with one attached hydrogen (secondary N) is 3. The number of halogens is 1. The summed E-state index contributed by atoms with van der Waals surface area (Å²) in [6.45, 7) is 2.93. The number of aromatic amines is 1. The Morgan fingerprint density at radius 2 is 1.89 bits per heavy atom. The molecule has 1 amide bonds. The molecule has 0 spiro atoms. The fourth-order valence-corrected chi connectivity index (χ4v) is 6.70. The van der Waals surface area contributed by atoms with E-state index in [4.69, 9.17) is 11.6 Å². The zero-order chi connectivity index (χ0) is 25.3. The summed E-state index contributed by atoms with van der Waals surface area (Å²) in [6.07, 6.45) is 5.32. The van der Waals surface area contributed by atoms with Crippen molar-refractivity contribution in [2.75, 3.05) is 12.4 Å². The lowest BCUT2D eigenvalue weighted by atomic mass is 9.90. The van der Waals surface area contributed by atoms with Gasteiger partial charge in [-0.2, -0.15) is 0 Å². The van der Waals surface area contributed by atoms with Crippen LogP contribution >= 0.6 is 11.6 Å². The molecule has 2 aromatic carbocycles. The van der Waals surface area contributed by atoms with E-state index in [1.165, 1.54) is 5.56 Å². The Morgan fingerprint density at radius 1 is 1.14 bits per heavy atom. The summed E-state index contributed by atoms with van der Waals surface area (Å²) in [5.74, 6) is -0.293. The summed E-state index contributed by atoms with van der Waals surface area (Å²) in [5.41, 5.74) is 3.98. The van der Waals surface area contributed by atoms with Gasteiger partial charge in [-0.1, -0.05) is 50.1 Å². The van der Waals surface area contributed by atoms with Crippen LogP contribution in [0.1, 0.15) is 61.9 Å². The number of carbonyl (C=O) groups excluding carboxylic acids is 1. The number of fused-ring (bicyclic) bond motifs is 3. The Balaban J connectivity index is 1.56. The van der Waals surface area contributed by atoms with Crippen LogP contribution in [0.25, 0.3) is 10.9 Å². The average Bonchev–Trinajstić information content (AvgIpc) is 3.23. The van der Waals surface area contributed by atoms with Crippen molar-refractivity contribution in [2.45, 2.75) is 68.6 Å². The Kier molecular flexibility index (Phi) is 7.40. The number of hydrogen-bond donors (Lipinski definition) is 3. The van der Waals surface area contributed by atoms with E-state index in [-0.39, 0.29) is 28.9 Å². The maximum absolute atomic E-state index is 13.2. The maximum atomic E-state index is 13.2. The molecule has 1 fully saturated rings. The van der Waals surface area contributed by atoms with E-state index in [2.05, 4.69) is 28.0 Å². The monoisotopic (exact) mass is 528 g/mol. The van der Waals surface area contributed by atoms with Crippen LogP contribution in [-0.2, 0) is 21.2 Å². The summed E-state index contributed by atoms with van der Waals surface area (Å²) >= 11 is 6.11. The first kappa shape index (κ1) is 25.3. The molecule has 0 saturated heterocycles. The van der Waals surface area contributed by atoms with Gasteiger partial charge in [0, 0.05) is 29.1 Å². The van der Waals surface area contributed by atoms with Gasteiger partial charge in [0.25, 0.3) is 0 Å². The number of rotatable bonds is 9. The highest BCUT2D eigenvalue weighted by atomic mass is 35.5. The number of H-pyrrole nitrogens is 1. The van der Waals surface area contributed by atoms with E-state index in [0.717, 1.165) is 60.8 Å². The normalized spacial score (nSPS) is 20.3. The lowest BCUT2D eigenvalue weighted by Gasteiger charge is -2.42. The van der Waals surface area contributed by atoms with Gasteiger partial charge >= 0.3 is 0 Å². The first-order valence-electron chi connectivity index (χ1n) is 12.7. The summed E-state index contributed by atoms with van der Waals surface area (Å²) in [5, 5.41) is 4.72. The van der Waals surface area contributed by atoms with Crippen molar-refractivity contribution >= 4 is 38.4 Å². The average molecular weight is 529 g/mol. The predicted molar refractivity (Wildman–Crippen MR) is 143 cm³/mol. The van der Waals surface area contributed by atoms with Crippen LogP contribution in [0, 0.1) is 0 Å². The van der Waals surface area contributed by atoms with Gasteiger partial charge in [-0.3, -0.25) is 10.1 Å². The van der Waals surface area contributed by atoms with E-state index in [1.54, 1.807) is 12.1 Å². The molecule has 2 atom stereocenters. The predicted octanol–water partition coefficient (Wildman–Crippen LogP) is 4.43. The summed E-state index contributed by atoms with van der Waals surface area (Å²) < 4.78 is 28.5. The smallest absolute Gasteiger partial charge is 0.240 e. The molecule has 36 heavy (non-hydrogen) atoms. The van der Waals surface area contributed by atoms with Gasteiger partial charge in [0.05, 0.1) is 17.1 Å². The van der Waals surface area contributed by atoms with Crippen molar-refractivity contribution < 1.29 is 13.2 Å². The van der Waals surface area contributed by atoms with E-state index < -0.39 is 16.1 Å². The molecule has 0 radical (unpaired) electrons. The minimum absolute atomic E-state index is 0.0220. The summed E-state index contributed by atoms with van der Waals surface area (Å²) in [7, 11) is -3.58. The number of alkyl halides is 1. The Labute approximate surface area is 217 Å². The molecular formula is C27H33ClN4O3S. The van der Waals surface area contributed by atoms with Gasteiger partial charge in [-0.15, -0.1) is 11.6 Å². The number of unbranched alkanes of at least 4 members (excludes halogenated alkanes) is 1. The fraction of sp³-hybridized carbons (Fsp3) is 0.444. The second-order valence-electron chi connectivity index (χ2n) is 9.75. The highest BCUT2D eigenvalue weighted by Gasteiger charge is 2.40. The number of benzene rings is 2. The van der Waals surface area contributed by atoms with Gasteiger partial charge in [-0.05, 0) is 55.1 Å². The number of para-hydroxylation sites is 1. The number of sulfonamides is 1. The lowest BCUT2D eigenvalue weighted by molar-refractivity contribution is -0.134. The third-order valence-corrected chi connectivity index (χ3v) is 9.14. The van der Waals surface area contributed by atoms with Gasteiger partial charge in [-0.25, -0.2) is 13.1 Å². The first-order valence-corrected chi connectivity index (χ1v) is 14.8. The Hall–Kier alpha value is -2.39. The van der Waals surface area contributed by atoms with Gasteiger partial charge < -0.3 is 9.88 Å². The SMILES string of the molecule is CCCCN[C@H]1Cc2c([nH]c3ccccc23)[C@H](c2ccc(S(=O)(=O)NC3CCC3)cc2)N1C(=O)CCl. The molecule has 5 rings (SSSR count). The van der Waals surface area contributed by atoms with Crippen molar-refractivity contribution in [3.05, 3.63) is 65.4 Å². The summed E-state index contributed by atoms with van der Waals surface area (Å²) in [4.78, 5) is 18.9. The standard InChI is InChI=1S/C27H33ClN4O3S/c1-2-3-15-29-24-16-22-21-9-4-5-10-23(21)30-26(22)27(32(24)25(33)17-28)18-11-13-20(14-12-18)36(34,35)31-19-7-6-8-19/h4-5,9-14,19,24,27,29-31H,2-3,6-8,15-17H2,1H3/t24-,27+/m1/s1. The number of nitrogens with zero attached hydrogens (tertiary/aromatic N) is 1. The highest BCUT2D eigenvalue weighted by molar-refractivity contribution is 7.89. The van der Waals surface area contributed by atoms with E-state index in [1.807, 2.05) is 35.2 Å². The molecule has 192 valence electrons. The molecule has 1 aromatic heterocycles. The first-order chi connectivity index (χ1) is 17.4. The van der Waals surface area contributed by atoms with Crippen LogP contribution in [0.15, 0.2) is 53.4 Å². The second-order valence-corrected chi connectivity index (χ2v) is 11.7. The quantitative estimate of drug-likeness (QED) is 0.283. The molecule has 0 unspecified atom stereocenters. The minimum Gasteiger partial charge on any atom is -0.356 e. The number of hydrogen-bond acceptors (Lipinski definition) is 4. The molecule has 7 nitrogen and oxygen atoms in total. The van der Waals surface area contributed by atoms with E-state index in [9.17, 15) is 13.2 Å². The molecule has 2 heterocycles. The zero-order valence-corrected chi connectivity index (χ0v) is 22.0. The zero-order valence-electron chi connectivity index (χ0n) is 20.5. The molecule has 9 heteroatoms. The van der Waals surface area contributed by atoms with Crippen molar-refractivity contribution in [3.8, 4) is 0 Å². The van der Waals surface area contributed by atoms with Crippen LogP contribution in [-0.4, -0.2) is 48.8 Å². The van der Waals surface area contributed by atoms with Crippen LogP contribution in [0.2, 0.25) is 0 Å². The van der Waals surface area contributed by atoms with Crippen molar-refractivity contribution in [1.29, 1.82) is 0 Å². The molecule has 3 N–H and O–H groups in total. The minimum atomic E-state index is -3.58. The van der Waals surface area contributed by atoms with Crippen LogP contribution in [0.3, 0.4) is 0 Å². The van der Waals surface area contributed by atoms with E-state index in [0.29, 0.717) is 6.42 Å². The van der Waals surface area contributed by atoms with Gasteiger partial charge in [0.2, 0.25) is 15.9 Å². The Bertz CT molecular complexity index is 1330. The number of carbonyl (C=O) groups is 1. The third kappa shape index (κ3) is 4.79. The molecular weight excluding hydrogens is 496 g/mol. The Morgan fingerprint density at radius 3 is 2.56 bits per heavy atom. The van der Waals surface area contributed by atoms with Crippen molar-refractivity contribution in [1.82, 2.24) is 19.9 Å². The largest absolute Gasteiger partial charge is 0.356 e. The van der Waals surface area contributed by atoms with Crippen LogP contribution in [0.5, 0.6) is 0 Å². The number of aromatic nitrogens is 1. The molecule has 2 aliphatic rings. The summed E-state index contributed by atoms with van der Waals surface area (Å²) in [6, 6.07) is 14.7. The third-order valence-electron chi connectivity index (χ3n) is 7.38. The number of amides is 1. The molecule has 1 aliphatic heterocycles. The van der Waals surface area contributed by atoms with Gasteiger partial charge in [0.1, 0.15) is 5.88 Å². The second kappa shape index (κ2) is 10.5. The lowest BCUT2D eigenvalue weighted by Crippen LogP contribution is -2.55. The molecule has 3 aromatic rings.